The fourth-order valence-electron chi connectivity index (χ4n) is 4.16. The molecule has 0 radical (unpaired) electrons. The predicted octanol–water partition coefficient (Wildman–Crippen LogP) is 3.37. The van der Waals surface area contributed by atoms with Crippen molar-refractivity contribution in [2.45, 2.75) is 73.4 Å². The lowest BCUT2D eigenvalue weighted by Crippen LogP contribution is -3.17. The van der Waals surface area contributed by atoms with Crippen LogP contribution in [0.5, 0.6) is 0 Å². The molecule has 2 aromatic carbocycles. The number of rotatable bonds is 16. The standard InChI is InChI=1S/C12H19NO6S2.C8H19N.C6H7N.C3H6O3S.CH4/c14-16-18-20-10-4-8-13(9-5-11-21-19-17-15)12-6-2-1-3-7-12;1-6-9(7(2)3)8(4)5;7-6-4-2-1-3-5-6;4-7(5)3-1-2-6-7;/h1-3,6-7,14-15H,4-5,8-11H2;7-8H,6H2,1-5H3;1-5H,7H2;1-3H2;1H4/p-1. The van der Waals surface area contributed by atoms with Gasteiger partial charge in [-0.1, -0.05) is 43.8 Å². The molecule has 1 fully saturated rings. The van der Waals surface area contributed by atoms with Crippen LogP contribution in [0.15, 0.2) is 60.7 Å². The van der Waals surface area contributed by atoms with E-state index in [1.165, 1.54) is 6.54 Å². The second kappa shape index (κ2) is 29.8. The summed E-state index contributed by atoms with van der Waals surface area (Å²) in [5.41, 5.74) is 7.30. The Hall–Kier alpha value is -1.63. The molecule has 1 heterocycles. The molecule has 1 aliphatic rings. The highest BCUT2D eigenvalue weighted by Gasteiger charge is 2.17. The molecule has 12 nitrogen and oxygen atoms in total. The fourth-order valence-corrected chi connectivity index (χ4v) is 5.83. The average Bonchev–Trinajstić information content (AvgIpc) is 3.41. The zero-order chi connectivity index (χ0) is 33.1. The quantitative estimate of drug-likeness (QED) is 0.0658. The van der Waals surface area contributed by atoms with E-state index in [4.69, 9.17) is 5.73 Å². The first-order valence-electron chi connectivity index (χ1n) is 14.6. The largest absolute Gasteiger partial charge is 0.691 e. The molecule has 0 spiro atoms. The fraction of sp³-hybridized carbons (Fsp3) is 0.600. The van der Waals surface area contributed by atoms with Crippen LogP contribution in [0.1, 0.15) is 61.3 Å². The third-order valence-corrected chi connectivity index (χ3v) is 8.61. The summed E-state index contributed by atoms with van der Waals surface area (Å²) in [6, 6.07) is 21.0. The van der Waals surface area contributed by atoms with Gasteiger partial charge in [-0.15, -0.1) is 0 Å². The van der Waals surface area contributed by atoms with Crippen LogP contribution in [0.4, 0.5) is 11.4 Å². The Bertz CT molecular complexity index is 976. The second-order valence-corrected chi connectivity index (χ2v) is 13.4. The molecule has 45 heavy (non-hydrogen) atoms. The van der Waals surface area contributed by atoms with Gasteiger partial charge in [-0.25, -0.2) is 0 Å². The number of nitrogens with zero attached hydrogens (tertiary/aromatic N) is 1. The third kappa shape index (κ3) is 26.2. The molecular formula is C30H54N3O9S3-. The molecule has 0 atom stereocenters. The van der Waals surface area contributed by atoms with E-state index in [1.54, 1.807) is 4.90 Å². The summed E-state index contributed by atoms with van der Waals surface area (Å²) in [7, 11) is -3.05. The Morgan fingerprint density at radius 2 is 1.36 bits per heavy atom. The number of nitrogens with one attached hydrogen (secondary N) is 1. The van der Waals surface area contributed by atoms with Crippen LogP contribution in [-0.2, 0) is 33.0 Å². The molecule has 0 bridgehead atoms. The van der Waals surface area contributed by atoms with Crippen LogP contribution >= 0.6 is 24.1 Å². The summed E-state index contributed by atoms with van der Waals surface area (Å²) >= 11 is 1.98. The smallest absolute Gasteiger partial charge is 0.267 e. The van der Waals surface area contributed by atoms with Gasteiger partial charge < -0.3 is 26.0 Å². The molecule has 3 rings (SSSR count). The van der Waals surface area contributed by atoms with Crippen molar-refractivity contribution < 1.29 is 46.8 Å². The van der Waals surface area contributed by atoms with Gasteiger partial charge in [-0.2, -0.15) is 17.1 Å². The Balaban J connectivity index is 0. The van der Waals surface area contributed by atoms with E-state index in [9.17, 15) is 18.9 Å². The Labute approximate surface area is 279 Å². The first kappa shape index (κ1) is 45.5. The highest BCUT2D eigenvalue weighted by molar-refractivity contribution is 7.94. The number of quaternary nitrogens is 1. The summed E-state index contributed by atoms with van der Waals surface area (Å²) in [6.45, 7) is 14.6. The van der Waals surface area contributed by atoms with E-state index in [0.29, 0.717) is 24.5 Å². The summed E-state index contributed by atoms with van der Waals surface area (Å²) < 4.78 is 33.2. The van der Waals surface area contributed by atoms with Crippen LogP contribution in [0.3, 0.4) is 0 Å². The van der Waals surface area contributed by atoms with Gasteiger partial charge >= 0.3 is 0 Å². The summed E-state index contributed by atoms with van der Waals surface area (Å²) in [4.78, 5) is 3.91. The van der Waals surface area contributed by atoms with E-state index in [2.05, 4.69) is 62.4 Å². The highest BCUT2D eigenvalue weighted by Crippen LogP contribution is 2.16. The van der Waals surface area contributed by atoms with Crippen LogP contribution < -0.4 is 26.0 Å². The SMILES string of the molecule is C.CC[NH+](C(C)C)C(C)C.Nc1ccccc1.O=S1(=O)CCCO1.[O-]OOSCCCN(CCCSOO[O-])c1ccccc1. The van der Waals surface area contributed by atoms with Crippen molar-refractivity contribution in [3.63, 3.8) is 0 Å². The summed E-state index contributed by atoms with van der Waals surface area (Å²) in [5, 5.41) is 25.9. The molecule has 0 aromatic heterocycles. The number of hydrogen-bond acceptors (Lipinski definition) is 13. The number of nitrogen functional groups attached to an aromatic ring is 1. The number of para-hydroxylation sites is 2. The normalized spacial score (nSPS) is 13.1. The number of benzene rings is 2. The zero-order valence-electron chi connectivity index (χ0n) is 26.4. The molecule has 2 aromatic rings. The Kier molecular flexibility index (Phi) is 30.1. The summed E-state index contributed by atoms with van der Waals surface area (Å²) in [5.74, 6) is 1.52. The van der Waals surface area contributed by atoms with Crippen molar-refractivity contribution >= 4 is 45.6 Å². The maximum Gasteiger partial charge on any atom is 0.267 e. The minimum absolute atomic E-state index is 0. The molecule has 0 unspecified atom stereocenters. The first-order chi connectivity index (χ1) is 21.1. The van der Waals surface area contributed by atoms with Gasteiger partial charge in [0.1, 0.15) is 0 Å². The molecule has 0 saturated carbocycles. The Morgan fingerprint density at radius 1 is 0.889 bits per heavy atom. The van der Waals surface area contributed by atoms with E-state index < -0.39 is 10.1 Å². The van der Waals surface area contributed by atoms with Gasteiger partial charge in [0.25, 0.3) is 10.1 Å². The van der Waals surface area contributed by atoms with Crippen molar-refractivity contribution in [1.29, 1.82) is 0 Å². The van der Waals surface area contributed by atoms with Crippen LogP contribution in [-0.4, -0.2) is 64.0 Å². The molecular weight excluding hydrogens is 643 g/mol. The maximum atomic E-state index is 10.2. The lowest BCUT2D eigenvalue weighted by Gasteiger charge is -2.25. The van der Waals surface area contributed by atoms with Crippen molar-refractivity contribution in [2.75, 3.05) is 54.1 Å². The topological polar surface area (TPSA) is 160 Å². The van der Waals surface area contributed by atoms with E-state index >= 15 is 0 Å². The average molecular weight is 697 g/mol. The van der Waals surface area contributed by atoms with Crippen LogP contribution in [0.2, 0.25) is 0 Å². The van der Waals surface area contributed by atoms with E-state index in [-0.39, 0.29) is 13.2 Å². The molecule has 0 aliphatic carbocycles. The Morgan fingerprint density at radius 3 is 1.62 bits per heavy atom. The summed E-state index contributed by atoms with van der Waals surface area (Å²) in [6.07, 6.45) is 2.34. The molecule has 1 aliphatic heterocycles. The van der Waals surface area contributed by atoms with Crippen molar-refractivity contribution in [2.24, 2.45) is 0 Å². The van der Waals surface area contributed by atoms with Crippen molar-refractivity contribution in [1.82, 2.24) is 0 Å². The van der Waals surface area contributed by atoms with Gasteiger partial charge in [0.15, 0.2) is 0 Å². The van der Waals surface area contributed by atoms with Crippen molar-refractivity contribution in [3.05, 3.63) is 60.7 Å². The molecule has 262 valence electrons. The van der Waals surface area contributed by atoms with Gasteiger partial charge in [-0.05, 0) is 78.1 Å². The first-order valence-corrected chi connectivity index (χ1v) is 18.0. The molecule has 15 heteroatoms. The van der Waals surface area contributed by atoms with E-state index in [1.807, 2.05) is 60.7 Å². The molecule has 3 N–H and O–H groups in total. The zero-order valence-corrected chi connectivity index (χ0v) is 28.9. The van der Waals surface area contributed by atoms with Gasteiger partial charge in [0, 0.05) is 60.1 Å². The molecule has 1 saturated heterocycles. The lowest BCUT2D eigenvalue weighted by molar-refractivity contribution is -0.940. The van der Waals surface area contributed by atoms with Crippen LogP contribution in [0, 0.1) is 0 Å². The van der Waals surface area contributed by atoms with Crippen LogP contribution in [0.25, 0.3) is 0 Å². The highest BCUT2D eigenvalue weighted by atomic mass is 32.2. The van der Waals surface area contributed by atoms with Gasteiger partial charge in [-0.3, -0.25) is 14.3 Å². The number of anilines is 2. The number of nitrogens with two attached hydrogens (primary N) is 1. The molecule has 0 amide bonds. The predicted molar refractivity (Wildman–Crippen MR) is 181 cm³/mol. The maximum absolute atomic E-state index is 10.2. The number of hydrogen-bond donors (Lipinski definition) is 2. The third-order valence-electron chi connectivity index (χ3n) is 6.08. The monoisotopic (exact) mass is 696 g/mol. The minimum atomic E-state index is -3.05. The second-order valence-electron chi connectivity index (χ2n) is 10.0. The minimum Gasteiger partial charge on any atom is -0.691 e. The van der Waals surface area contributed by atoms with Gasteiger partial charge in [0.2, 0.25) is 0 Å². The van der Waals surface area contributed by atoms with Gasteiger partial charge in [0.05, 0.1) is 31.0 Å². The lowest BCUT2D eigenvalue weighted by atomic mass is 10.2. The van der Waals surface area contributed by atoms with E-state index in [0.717, 1.165) is 73.5 Å². The van der Waals surface area contributed by atoms with Crippen molar-refractivity contribution in [3.8, 4) is 0 Å².